The van der Waals surface area contributed by atoms with Crippen molar-refractivity contribution >= 4 is 40.3 Å². The number of nitrogens with zero attached hydrogens (tertiary/aromatic N) is 1. The quantitative estimate of drug-likeness (QED) is 0.324. The summed E-state index contributed by atoms with van der Waals surface area (Å²) in [7, 11) is 1.58. The van der Waals surface area contributed by atoms with Gasteiger partial charge in [0.25, 0.3) is 11.8 Å². The zero-order valence-electron chi connectivity index (χ0n) is 23.3. The number of rotatable bonds is 10. The molecule has 4 fully saturated rings. The summed E-state index contributed by atoms with van der Waals surface area (Å²) in [4.78, 5) is 70.4. The topological polar surface area (TPSA) is 150 Å². The number of aromatic amines is 1. The minimum atomic E-state index is -1.07. The van der Waals surface area contributed by atoms with E-state index in [2.05, 4.69) is 20.9 Å². The number of nitrogens with one attached hydrogen (secondary N) is 4. The molecule has 2 saturated heterocycles. The molecule has 1 spiro atoms. The maximum absolute atomic E-state index is 13.9. The molecule has 3 atom stereocenters. The second-order valence-corrected chi connectivity index (χ2v) is 12.1. The molecule has 4 amide bonds. The number of amides is 4. The monoisotopic (exact) mass is 563 g/mol. The maximum Gasteiger partial charge on any atom is 0.289 e. The molecule has 11 nitrogen and oxygen atoms in total. The van der Waals surface area contributed by atoms with Crippen LogP contribution in [0.2, 0.25) is 0 Å². The molecular formula is C30H37N5O6. The molecule has 3 heterocycles. The van der Waals surface area contributed by atoms with Gasteiger partial charge in [-0.25, -0.2) is 0 Å². The Hall–Kier alpha value is -3.89. The number of hydrogen-bond acceptors (Lipinski definition) is 6. The van der Waals surface area contributed by atoms with Gasteiger partial charge in [-0.15, -0.1) is 0 Å². The van der Waals surface area contributed by atoms with Crippen molar-refractivity contribution in [2.75, 3.05) is 20.2 Å². The summed E-state index contributed by atoms with van der Waals surface area (Å²) in [5.41, 5.74) is 1.20. The number of piperidine rings is 1. The van der Waals surface area contributed by atoms with Gasteiger partial charge < -0.3 is 30.6 Å². The van der Waals surface area contributed by atoms with E-state index in [0.717, 1.165) is 43.0 Å². The van der Waals surface area contributed by atoms with Crippen molar-refractivity contribution in [1.82, 2.24) is 25.8 Å². The number of likely N-dealkylation sites (tertiary alicyclic amines) is 1. The summed E-state index contributed by atoms with van der Waals surface area (Å²) < 4.78 is 5.30. The normalized spacial score (nSPS) is 23.6. The van der Waals surface area contributed by atoms with E-state index in [-0.39, 0.29) is 35.6 Å². The molecule has 1 aromatic heterocycles. The number of Topliss-reactive ketones (excluding diaryl/α,β-unsaturated/α-hetero) is 1. The van der Waals surface area contributed by atoms with Gasteiger partial charge in [0.15, 0.2) is 0 Å². The lowest BCUT2D eigenvalue weighted by Crippen LogP contribution is -2.57. The number of ketones is 1. The van der Waals surface area contributed by atoms with Crippen LogP contribution in [-0.2, 0) is 19.2 Å². The fourth-order valence-electron chi connectivity index (χ4n) is 6.22. The van der Waals surface area contributed by atoms with Crippen LogP contribution in [0, 0.1) is 11.3 Å². The summed E-state index contributed by atoms with van der Waals surface area (Å²) in [6, 6.07) is 5.43. The molecule has 0 unspecified atom stereocenters. The van der Waals surface area contributed by atoms with Crippen LogP contribution in [0.15, 0.2) is 24.3 Å². The minimum Gasteiger partial charge on any atom is -0.497 e. The van der Waals surface area contributed by atoms with Gasteiger partial charge in [0.1, 0.15) is 17.5 Å². The molecule has 2 aliphatic carbocycles. The van der Waals surface area contributed by atoms with Gasteiger partial charge in [0, 0.05) is 36.0 Å². The highest BCUT2D eigenvalue weighted by atomic mass is 16.5. The zero-order valence-corrected chi connectivity index (χ0v) is 23.3. The molecule has 2 aromatic rings. The van der Waals surface area contributed by atoms with Crippen LogP contribution >= 0.6 is 0 Å². The van der Waals surface area contributed by atoms with Crippen molar-refractivity contribution in [2.45, 2.75) is 75.9 Å². The molecule has 218 valence electrons. The van der Waals surface area contributed by atoms with E-state index in [9.17, 15) is 24.0 Å². The van der Waals surface area contributed by atoms with E-state index in [0.29, 0.717) is 43.8 Å². The van der Waals surface area contributed by atoms with Crippen molar-refractivity contribution in [3.05, 3.63) is 30.0 Å². The predicted molar refractivity (Wildman–Crippen MR) is 149 cm³/mol. The SMILES string of the molecule is COc1ccc2[nH]c(C(=O)N3CCC4(CC4)C[C@H]3C(=O)N[C@@H](CC[C@@H]3CCNC3=O)C(=O)C(=O)NC3CC3)cc2c1. The van der Waals surface area contributed by atoms with E-state index in [1.54, 1.807) is 18.1 Å². The average Bonchev–Trinajstić information content (AvgIpc) is 3.86. The van der Waals surface area contributed by atoms with Gasteiger partial charge in [0.2, 0.25) is 17.6 Å². The number of H-pyrrole nitrogens is 1. The molecule has 6 rings (SSSR count). The van der Waals surface area contributed by atoms with E-state index in [1.165, 1.54) is 0 Å². The van der Waals surface area contributed by atoms with Crippen LogP contribution in [0.1, 0.15) is 68.3 Å². The van der Waals surface area contributed by atoms with Crippen LogP contribution in [-0.4, -0.2) is 77.6 Å². The average molecular weight is 564 g/mol. The number of benzene rings is 1. The Morgan fingerprint density at radius 2 is 1.93 bits per heavy atom. The van der Waals surface area contributed by atoms with Crippen LogP contribution in [0.3, 0.4) is 0 Å². The molecular weight excluding hydrogens is 526 g/mol. The van der Waals surface area contributed by atoms with Crippen molar-refractivity contribution in [2.24, 2.45) is 11.3 Å². The van der Waals surface area contributed by atoms with Gasteiger partial charge in [-0.1, -0.05) is 0 Å². The lowest BCUT2D eigenvalue weighted by molar-refractivity contribution is -0.141. The molecule has 0 bridgehead atoms. The van der Waals surface area contributed by atoms with Crippen LogP contribution in [0.5, 0.6) is 5.75 Å². The number of hydrogen-bond donors (Lipinski definition) is 4. The number of methoxy groups -OCH3 is 1. The Balaban J connectivity index is 1.21. The lowest BCUT2D eigenvalue weighted by Gasteiger charge is -2.39. The Morgan fingerprint density at radius 1 is 1.12 bits per heavy atom. The largest absolute Gasteiger partial charge is 0.497 e. The predicted octanol–water partition coefficient (Wildman–Crippen LogP) is 1.81. The fourth-order valence-corrected chi connectivity index (χ4v) is 6.22. The van der Waals surface area contributed by atoms with Crippen molar-refractivity contribution < 1.29 is 28.7 Å². The Kier molecular flexibility index (Phi) is 7.21. The van der Waals surface area contributed by atoms with Gasteiger partial charge in [-0.3, -0.25) is 24.0 Å². The Morgan fingerprint density at radius 3 is 2.61 bits per heavy atom. The van der Waals surface area contributed by atoms with Gasteiger partial charge in [-0.2, -0.15) is 0 Å². The van der Waals surface area contributed by atoms with Gasteiger partial charge in [-0.05, 0) is 87.5 Å². The third kappa shape index (κ3) is 5.80. The molecule has 0 radical (unpaired) electrons. The van der Waals surface area contributed by atoms with Gasteiger partial charge in [0.05, 0.1) is 13.2 Å². The first-order chi connectivity index (χ1) is 19.7. The Labute approximate surface area is 238 Å². The number of carbonyl (C=O) groups is 5. The molecule has 11 heteroatoms. The summed E-state index contributed by atoms with van der Waals surface area (Å²) in [6.07, 6.45) is 6.23. The molecule has 4 N–H and O–H groups in total. The van der Waals surface area contributed by atoms with Gasteiger partial charge >= 0.3 is 0 Å². The second-order valence-electron chi connectivity index (χ2n) is 12.1. The van der Waals surface area contributed by atoms with Crippen LogP contribution in [0.4, 0.5) is 0 Å². The summed E-state index contributed by atoms with van der Waals surface area (Å²) in [5, 5.41) is 9.18. The fraction of sp³-hybridized carbons (Fsp3) is 0.567. The molecule has 4 aliphatic rings. The second kappa shape index (κ2) is 10.8. The first-order valence-electron chi connectivity index (χ1n) is 14.7. The number of ether oxygens (including phenoxy) is 1. The van der Waals surface area contributed by atoms with Crippen LogP contribution < -0.4 is 20.7 Å². The number of aromatic nitrogens is 1. The highest BCUT2D eigenvalue weighted by Gasteiger charge is 2.51. The summed E-state index contributed by atoms with van der Waals surface area (Å²) in [5.74, 6) is -1.78. The van der Waals surface area contributed by atoms with E-state index in [4.69, 9.17) is 4.74 Å². The third-order valence-electron chi connectivity index (χ3n) is 9.20. The molecule has 2 saturated carbocycles. The number of carbonyl (C=O) groups excluding carboxylic acids is 5. The molecule has 41 heavy (non-hydrogen) atoms. The van der Waals surface area contributed by atoms with Crippen molar-refractivity contribution in [3.63, 3.8) is 0 Å². The van der Waals surface area contributed by atoms with Crippen molar-refractivity contribution in [1.29, 1.82) is 0 Å². The smallest absolute Gasteiger partial charge is 0.289 e. The highest BCUT2D eigenvalue weighted by Crippen LogP contribution is 2.55. The maximum atomic E-state index is 13.9. The number of fused-ring (bicyclic) bond motifs is 1. The zero-order chi connectivity index (χ0) is 28.7. The standard InChI is InChI=1S/C30H37N5O6/c1-41-20-5-7-21-18(14-20)15-23(33-21)29(40)35-13-11-30(9-10-30)16-24(35)27(38)34-22(6-2-17-8-12-31-26(17)37)25(36)28(39)32-19-3-4-19/h5,7,14-15,17,19,22,24,33H,2-4,6,8-13,16H2,1H3,(H,31,37)(H,32,39)(H,34,38)/t17-,22+,24+/m1/s1. The highest BCUT2D eigenvalue weighted by molar-refractivity contribution is 6.38. The van der Waals surface area contributed by atoms with Crippen LogP contribution in [0.25, 0.3) is 10.9 Å². The van der Waals surface area contributed by atoms with E-state index >= 15 is 0 Å². The lowest BCUT2D eigenvalue weighted by atomic mass is 9.86. The van der Waals surface area contributed by atoms with E-state index in [1.807, 2.05) is 18.2 Å². The first kappa shape index (κ1) is 27.3. The minimum absolute atomic E-state index is 0.000806. The summed E-state index contributed by atoms with van der Waals surface area (Å²) >= 11 is 0. The van der Waals surface area contributed by atoms with Crippen molar-refractivity contribution in [3.8, 4) is 5.75 Å². The summed E-state index contributed by atoms with van der Waals surface area (Å²) in [6.45, 7) is 1.01. The molecule has 1 aromatic carbocycles. The molecule has 2 aliphatic heterocycles. The Bertz CT molecular complexity index is 1390. The third-order valence-corrected chi connectivity index (χ3v) is 9.20. The first-order valence-corrected chi connectivity index (χ1v) is 14.7. The van der Waals surface area contributed by atoms with E-state index < -0.39 is 29.7 Å².